The highest BCUT2D eigenvalue weighted by Gasteiger charge is 2.49. The summed E-state index contributed by atoms with van der Waals surface area (Å²) in [5.41, 5.74) is 1.27. The van der Waals surface area contributed by atoms with Crippen LogP contribution < -0.4 is 4.90 Å². The van der Waals surface area contributed by atoms with Crippen LogP contribution >= 0.6 is 23.4 Å². The van der Waals surface area contributed by atoms with E-state index in [1.165, 1.54) is 23.9 Å². The fraction of sp³-hybridized carbons (Fsp3) is 0.263. The molecule has 2 saturated heterocycles. The van der Waals surface area contributed by atoms with E-state index in [9.17, 15) is 17.6 Å². The van der Waals surface area contributed by atoms with Crippen LogP contribution in [0.15, 0.2) is 53.5 Å². The summed E-state index contributed by atoms with van der Waals surface area (Å²) >= 11 is 7.03. The molecule has 0 radical (unpaired) electrons. The Morgan fingerprint density at radius 1 is 1.21 bits per heavy atom. The number of halogens is 2. The van der Waals surface area contributed by atoms with Crippen LogP contribution in [0.4, 0.5) is 10.1 Å². The van der Waals surface area contributed by atoms with E-state index in [-0.39, 0.29) is 40.1 Å². The molecule has 0 N–H and O–H groups in total. The summed E-state index contributed by atoms with van der Waals surface area (Å²) in [7, 11) is -3.19. The topological polar surface area (TPSA) is 66.8 Å². The Morgan fingerprint density at radius 2 is 1.96 bits per heavy atom. The molecule has 2 unspecified atom stereocenters. The van der Waals surface area contributed by atoms with E-state index in [4.69, 9.17) is 11.6 Å². The number of nitrogens with zero attached hydrogens (tertiary/aromatic N) is 2. The summed E-state index contributed by atoms with van der Waals surface area (Å²) < 4.78 is 38.2. The van der Waals surface area contributed by atoms with E-state index in [1.807, 2.05) is 30.3 Å². The van der Waals surface area contributed by atoms with Gasteiger partial charge in [-0.25, -0.2) is 12.8 Å². The molecule has 9 heteroatoms. The zero-order valence-corrected chi connectivity index (χ0v) is 17.0. The molecule has 2 heterocycles. The zero-order valence-electron chi connectivity index (χ0n) is 14.6. The van der Waals surface area contributed by atoms with Gasteiger partial charge in [-0.2, -0.15) is 4.99 Å². The Bertz CT molecular complexity index is 1060. The first kappa shape index (κ1) is 19.4. The first-order chi connectivity index (χ1) is 13.3. The monoisotopic (exact) mass is 438 g/mol. The highest BCUT2D eigenvalue weighted by molar-refractivity contribution is 8.16. The van der Waals surface area contributed by atoms with Crippen LogP contribution in [0.25, 0.3) is 0 Å². The van der Waals surface area contributed by atoms with E-state index in [0.717, 1.165) is 5.56 Å². The number of hydrogen-bond donors (Lipinski definition) is 0. The normalized spacial score (nSPS) is 24.5. The Hall–Kier alpha value is -1.90. The average Bonchev–Trinajstić information content (AvgIpc) is 3.09. The summed E-state index contributed by atoms with van der Waals surface area (Å²) in [6.45, 7) is 0. The minimum Gasteiger partial charge on any atom is -0.315 e. The molecule has 0 bridgehead atoms. The molecule has 0 saturated carbocycles. The smallest absolute Gasteiger partial charge is 0.252 e. The first-order valence-corrected chi connectivity index (χ1v) is 11.7. The van der Waals surface area contributed by atoms with Gasteiger partial charge >= 0.3 is 0 Å². The van der Waals surface area contributed by atoms with Crippen molar-refractivity contribution < 1.29 is 17.6 Å². The highest BCUT2D eigenvalue weighted by Crippen LogP contribution is 2.41. The lowest BCUT2D eigenvalue weighted by Crippen LogP contribution is -2.37. The second kappa shape index (κ2) is 7.50. The standard InChI is InChI=1S/C19H16ClFN2O3S2/c20-14-7-6-13(9-15(14)21)23-16-10-28(25,26)11-17(16)27-19(23)22-18(24)8-12-4-2-1-3-5-12/h1-7,9,16-17H,8,10-11H2. The van der Waals surface area contributed by atoms with Crippen molar-refractivity contribution in [2.24, 2.45) is 4.99 Å². The summed E-state index contributed by atoms with van der Waals surface area (Å²) in [5, 5.41) is 0.129. The number of sulfone groups is 1. The molecule has 0 aliphatic carbocycles. The van der Waals surface area contributed by atoms with Crippen molar-refractivity contribution in [2.45, 2.75) is 17.7 Å². The number of benzene rings is 2. The van der Waals surface area contributed by atoms with E-state index >= 15 is 0 Å². The number of rotatable bonds is 3. The third kappa shape index (κ3) is 3.94. The number of hydrogen-bond acceptors (Lipinski definition) is 4. The van der Waals surface area contributed by atoms with Crippen molar-refractivity contribution in [3.8, 4) is 0 Å². The third-order valence-electron chi connectivity index (χ3n) is 4.67. The van der Waals surface area contributed by atoms with Crippen LogP contribution in [0, 0.1) is 5.82 Å². The molecule has 2 aliphatic rings. The minimum atomic E-state index is -3.19. The number of amidine groups is 1. The molecule has 28 heavy (non-hydrogen) atoms. The van der Waals surface area contributed by atoms with Gasteiger partial charge in [-0.15, -0.1) is 0 Å². The van der Waals surface area contributed by atoms with Gasteiger partial charge in [0.25, 0.3) is 5.91 Å². The van der Waals surface area contributed by atoms with Gasteiger partial charge in [0.1, 0.15) is 5.82 Å². The molecule has 2 atom stereocenters. The van der Waals surface area contributed by atoms with Crippen molar-refractivity contribution in [1.29, 1.82) is 0 Å². The summed E-state index contributed by atoms with van der Waals surface area (Å²) in [6, 6.07) is 13.1. The van der Waals surface area contributed by atoms with Crippen LogP contribution in [-0.4, -0.2) is 42.3 Å². The summed E-state index contributed by atoms with van der Waals surface area (Å²) in [5.74, 6) is -0.985. The van der Waals surface area contributed by atoms with Crippen LogP contribution in [0.1, 0.15) is 5.56 Å². The fourth-order valence-corrected chi connectivity index (χ4v) is 7.47. The zero-order chi connectivity index (χ0) is 19.9. The molecule has 146 valence electrons. The highest BCUT2D eigenvalue weighted by atomic mass is 35.5. The third-order valence-corrected chi connectivity index (χ3v) is 8.18. The fourth-order valence-electron chi connectivity index (χ4n) is 3.42. The lowest BCUT2D eigenvalue weighted by Gasteiger charge is -2.24. The van der Waals surface area contributed by atoms with Crippen molar-refractivity contribution >= 4 is 50.0 Å². The Kier molecular flexibility index (Phi) is 5.20. The maximum atomic E-state index is 14.0. The lowest BCUT2D eigenvalue weighted by molar-refractivity contribution is -0.117. The van der Waals surface area contributed by atoms with Gasteiger partial charge in [-0.05, 0) is 23.8 Å². The molecule has 2 aromatic carbocycles. The van der Waals surface area contributed by atoms with Crippen molar-refractivity contribution in [2.75, 3.05) is 16.4 Å². The molecule has 1 amide bonds. The number of aliphatic imine (C=N–C) groups is 1. The van der Waals surface area contributed by atoms with Crippen molar-refractivity contribution in [3.63, 3.8) is 0 Å². The van der Waals surface area contributed by atoms with Crippen molar-refractivity contribution in [3.05, 3.63) is 64.9 Å². The number of carbonyl (C=O) groups is 1. The Labute approximate surface area is 171 Å². The van der Waals surface area contributed by atoms with Gasteiger partial charge in [0.15, 0.2) is 15.0 Å². The van der Waals surface area contributed by atoms with Gasteiger partial charge < -0.3 is 4.90 Å². The van der Waals surface area contributed by atoms with E-state index in [2.05, 4.69) is 4.99 Å². The molecule has 4 rings (SSSR count). The lowest BCUT2D eigenvalue weighted by atomic mass is 10.1. The maximum Gasteiger partial charge on any atom is 0.252 e. The van der Waals surface area contributed by atoms with Gasteiger partial charge in [0.2, 0.25) is 0 Å². The van der Waals surface area contributed by atoms with Gasteiger partial charge in [0.05, 0.1) is 29.0 Å². The van der Waals surface area contributed by atoms with Crippen molar-refractivity contribution in [1.82, 2.24) is 0 Å². The maximum absolute atomic E-state index is 14.0. The van der Waals surface area contributed by atoms with E-state index < -0.39 is 15.7 Å². The largest absolute Gasteiger partial charge is 0.315 e. The Morgan fingerprint density at radius 3 is 2.68 bits per heavy atom. The van der Waals surface area contributed by atoms with Gasteiger partial charge in [-0.3, -0.25) is 4.79 Å². The quantitative estimate of drug-likeness (QED) is 0.735. The second-order valence-corrected chi connectivity index (χ2v) is 10.5. The number of anilines is 1. The number of thioether (sulfide) groups is 1. The SMILES string of the molecule is O=C(Cc1ccccc1)N=C1SC2CS(=O)(=O)CC2N1c1ccc(Cl)c(F)c1. The van der Waals surface area contributed by atoms with Crippen LogP contribution in [0.2, 0.25) is 5.02 Å². The van der Waals surface area contributed by atoms with E-state index in [0.29, 0.717) is 10.9 Å². The average molecular weight is 439 g/mol. The number of fused-ring (bicyclic) bond motifs is 1. The first-order valence-electron chi connectivity index (χ1n) is 8.59. The predicted molar refractivity (Wildman–Crippen MR) is 110 cm³/mol. The molecule has 2 aromatic rings. The van der Waals surface area contributed by atoms with E-state index in [1.54, 1.807) is 11.0 Å². The molecular formula is C19H16ClFN2O3S2. The van der Waals surface area contributed by atoms with Gasteiger partial charge in [0, 0.05) is 10.9 Å². The molecule has 2 fully saturated rings. The van der Waals surface area contributed by atoms with Crippen LogP contribution in [0.5, 0.6) is 0 Å². The molecule has 0 aromatic heterocycles. The van der Waals surface area contributed by atoms with Gasteiger partial charge in [-0.1, -0.05) is 53.7 Å². The van der Waals surface area contributed by atoms with Crippen LogP contribution in [0.3, 0.4) is 0 Å². The molecule has 5 nitrogen and oxygen atoms in total. The Balaban J connectivity index is 1.67. The number of amides is 1. The minimum absolute atomic E-state index is 0.0147. The summed E-state index contributed by atoms with van der Waals surface area (Å²) in [4.78, 5) is 18.4. The number of carbonyl (C=O) groups excluding carboxylic acids is 1. The predicted octanol–water partition coefficient (Wildman–Crippen LogP) is 3.32. The van der Waals surface area contributed by atoms with Crippen LogP contribution in [-0.2, 0) is 21.1 Å². The molecule has 0 spiro atoms. The summed E-state index contributed by atoms with van der Waals surface area (Å²) in [6.07, 6.45) is 0.140. The molecular weight excluding hydrogens is 423 g/mol. The molecule has 2 aliphatic heterocycles. The second-order valence-electron chi connectivity index (χ2n) is 6.72.